The predicted octanol–water partition coefficient (Wildman–Crippen LogP) is 14.9. The van der Waals surface area contributed by atoms with Crippen LogP contribution < -0.4 is 0 Å². The number of furan rings is 2. The van der Waals surface area contributed by atoms with Crippen LogP contribution in [0.3, 0.4) is 0 Å². The normalized spacial score (nSPS) is 12.1. The van der Waals surface area contributed by atoms with Crippen LogP contribution in [-0.4, -0.2) is 24.1 Å². The third-order valence-corrected chi connectivity index (χ3v) is 12.8. The molecule has 5 heterocycles. The molecule has 7 nitrogen and oxygen atoms in total. The van der Waals surface area contributed by atoms with Crippen LogP contribution in [0.2, 0.25) is 0 Å². The second-order valence-corrected chi connectivity index (χ2v) is 16.3. The number of aromatic nitrogens is 5. The molecule has 0 aliphatic heterocycles. The van der Waals surface area contributed by atoms with Gasteiger partial charge in [0.1, 0.15) is 22.3 Å². The molecule has 64 heavy (non-hydrogen) atoms. The van der Waals surface area contributed by atoms with Crippen LogP contribution in [-0.2, 0) is 0 Å². The summed E-state index contributed by atoms with van der Waals surface area (Å²) >= 11 is 0. The van der Waals surface area contributed by atoms with E-state index in [1.54, 1.807) is 0 Å². The van der Waals surface area contributed by atoms with E-state index in [1.807, 2.05) is 36.4 Å². The molecule has 0 radical (unpaired) electrons. The molecule has 0 amide bonds. The van der Waals surface area contributed by atoms with Crippen LogP contribution in [0.15, 0.2) is 209 Å². The summed E-state index contributed by atoms with van der Waals surface area (Å²) in [5, 5.41) is 8.74. The van der Waals surface area contributed by atoms with Crippen molar-refractivity contribution in [2.75, 3.05) is 0 Å². The molecule has 0 saturated heterocycles. The van der Waals surface area contributed by atoms with Crippen LogP contribution >= 0.6 is 0 Å². The maximum absolute atomic E-state index is 6.63. The van der Waals surface area contributed by atoms with Gasteiger partial charge in [-0.2, -0.15) is 9.97 Å². The van der Waals surface area contributed by atoms with Crippen molar-refractivity contribution in [3.05, 3.63) is 200 Å². The number of para-hydroxylation sites is 4. The van der Waals surface area contributed by atoms with E-state index in [0.29, 0.717) is 17.6 Å². The molecule has 0 aliphatic rings. The van der Waals surface area contributed by atoms with E-state index in [-0.39, 0.29) is 0 Å². The lowest BCUT2D eigenvalue weighted by Gasteiger charge is -2.13. The maximum atomic E-state index is 6.63. The van der Waals surface area contributed by atoms with Crippen molar-refractivity contribution in [2.45, 2.75) is 0 Å². The molecule has 0 atom stereocenters. The molecule has 0 N–H and O–H groups in total. The van der Waals surface area contributed by atoms with E-state index < -0.39 is 0 Å². The Labute approximate surface area is 364 Å². The summed E-state index contributed by atoms with van der Waals surface area (Å²) in [5.41, 5.74) is 12.4. The van der Waals surface area contributed by atoms with E-state index in [4.69, 9.17) is 23.8 Å². The molecule has 7 heteroatoms. The zero-order valence-electron chi connectivity index (χ0n) is 34.1. The Hall–Kier alpha value is -8.81. The van der Waals surface area contributed by atoms with Gasteiger partial charge in [-0.1, -0.05) is 140 Å². The van der Waals surface area contributed by atoms with Gasteiger partial charge in [0, 0.05) is 59.9 Å². The summed E-state index contributed by atoms with van der Waals surface area (Å²) in [4.78, 5) is 16.1. The van der Waals surface area contributed by atoms with E-state index in [2.05, 4.69) is 173 Å². The van der Waals surface area contributed by atoms with Gasteiger partial charge in [0.25, 0.3) is 0 Å². The van der Waals surface area contributed by atoms with Crippen molar-refractivity contribution in [2.24, 2.45) is 0 Å². The van der Waals surface area contributed by atoms with Crippen molar-refractivity contribution in [1.82, 2.24) is 24.1 Å². The summed E-state index contributed by atoms with van der Waals surface area (Å²) in [7, 11) is 0. The Morgan fingerprint density at radius 3 is 1.56 bits per heavy atom. The number of rotatable bonds is 5. The van der Waals surface area contributed by atoms with Gasteiger partial charge in [-0.05, 0) is 71.8 Å². The smallest absolute Gasteiger partial charge is 0.238 e. The Morgan fingerprint density at radius 2 is 0.844 bits per heavy atom. The number of hydrogen-bond acceptors (Lipinski definition) is 5. The van der Waals surface area contributed by atoms with E-state index in [1.165, 1.54) is 5.39 Å². The predicted molar refractivity (Wildman–Crippen MR) is 259 cm³/mol. The minimum Gasteiger partial charge on any atom is -0.456 e. The minimum absolute atomic E-state index is 0.504. The highest BCUT2D eigenvalue weighted by Crippen LogP contribution is 2.43. The lowest BCUT2D eigenvalue weighted by Crippen LogP contribution is -2.07. The molecule has 0 bridgehead atoms. The molecule has 0 unspecified atom stereocenters. The van der Waals surface area contributed by atoms with E-state index >= 15 is 0 Å². The lowest BCUT2D eigenvalue weighted by atomic mass is 9.99. The van der Waals surface area contributed by atoms with Gasteiger partial charge >= 0.3 is 0 Å². The number of benzene rings is 9. The third-order valence-electron chi connectivity index (χ3n) is 12.8. The topological polar surface area (TPSA) is 74.8 Å². The largest absolute Gasteiger partial charge is 0.456 e. The Balaban J connectivity index is 1.07. The maximum Gasteiger partial charge on any atom is 0.238 e. The molecule has 0 spiro atoms. The molecule has 9 aromatic carbocycles. The second-order valence-electron chi connectivity index (χ2n) is 16.3. The van der Waals surface area contributed by atoms with Gasteiger partial charge in [-0.15, -0.1) is 0 Å². The number of hydrogen-bond donors (Lipinski definition) is 0. The highest BCUT2D eigenvalue weighted by Gasteiger charge is 2.24. The second kappa shape index (κ2) is 13.3. The molecule has 0 aliphatic carbocycles. The molecule has 5 aromatic heterocycles. The van der Waals surface area contributed by atoms with E-state index in [0.717, 1.165) is 110 Å². The lowest BCUT2D eigenvalue weighted by molar-refractivity contribution is 0.668. The molecule has 14 rings (SSSR count). The first-order chi connectivity index (χ1) is 31.7. The first-order valence-electron chi connectivity index (χ1n) is 21.4. The Morgan fingerprint density at radius 1 is 0.328 bits per heavy atom. The van der Waals surface area contributed by atoms with Gasteiger partial charge < -0.3 is 13.4 Å². The van der Waals surface area contributed by atoms with Crippen molar-refractivity contribution in [3.63, 3.8) is 0 Å². The van der Waals surface area contributed by atoms with Crippen LogP contribution in [0.1, 0.15) is 0 Å². The van der Waals surface area contributed by atoms with Crippen molar-refractivity contribution >= 4 is 87.5 Å². The van der Waals surface area contributed by atoms with Gasteiger partial charge in [-0.25, -0.2) is 4.98 Å². The summed E-state index contributed by atoms with van der Waals surface area (Å²) in [6, 6.07) is 69.6. The van der Waals surface area contributed by atoms with E-state index in [9.17, 15) is 0 Å². The fourth-order valence-electron chi connectivity index (χ4n) is 9.96. The number of fused-ring (bicyclic) bond motifs is 13. The van der Waals surface area contributed by atoms with Crippen molar-refractivity contribution < 1.29 is 8.83 Å². The summed E-state index contributed by atoms with van der Waals surface area (Å²) < 4.78 is 17.6. The van der Waals surface area contributed by atoms with Gasteiger partial charge in [0.15, 0.2) is 11.6 Å². The third kappa shape index (κ3) is 5.06. The van der Waals surface area contributed by atoms with Gasteiger partial charge in [0.05, 0.1) is 22.1 Å². The van der Waals surface area contributed by atoms with Crippen molar-refractivity contribution in [1.29, 1.82) is 0 Å². The summed E-state index contributed by atoms with van der Waals surface area (Å²) in [6.07, 6.45) is 0. The highest BCUT2D eigenvalue weighted by molar-refractivity contribution is 6.24. The standard InChI is InChI=1S/C57H33N5O2/c1-3-14-34(15-4-1)38-21-13-25-49-52(38)45-29-27-36(33-51(45)64-49)56-58-55(35-26-28-42-41-20-9-12-24-48(41)63-50(42)32-35)59-57(60-56)62-47-23-11-8-19-40(47)44-31-30-43-39-18-7-10-22-46(39)61(53(43)54(44)62)37-16-5-2-6-17-37/h1-33H. The van der Waals surface area contributed by atoms with Crippen LogP contribution in [0.4, 0.5) is 0 Å². The first-order valence-corrected chi connectivity index (χ1v) is 21.4. The highest BCUT2D eigenvalue weighted by atomic mass is 16.3. The molecular formula is C57H33N5O2. The molecule has 0 saturated carbocycles. The Kier molecular flexibility index (Phi) is 7.27. The van der Waals surface area contributed by atoms with Crippen LogP contribution in [0, 0.1) is 0 Å². The Bertz CT molecular complexity index is 4200. The molecule has 298 valence electrons. The average molecular weight is 820 g/mol. The molecule has 14 aromatic rings. The summed E-state index contributed by atoms with van der Waals surface area (Å²) in [5.74, 6) is 1.56. The minimum atomic E-state index is 0.504. The molecular weight excluding hydrogens is 787 g/mol. The quantitative estimate of drug-likeness (QED) is 0.173. The van der Waals surface area contributed by atoms with Gasteiger partial charge in [0.2, 0.25) is 5.95 Å². The SMILES string of the molecule is c1ccc(-c2cccc3oc4cc(-c5nc(-c6ccc7c(c6)oc6ccccc67)nc(-n6c7ccccc7c7ccc8c9ccccc9n(-c9ccccc9)c8c76)n5)ccc4c23)cc1. The summed E-state index contributed by atoms with van der Waals surface area (Å²) in [6.45, 7) is 0. The fourth-order valence-corrected chi connectivity index (χ4v) is 9.96. The average Bonchev–Trinajstić information content (AvgIpc) is 4.11. The van der Waals surface area contributed by atoms with Crippen LogP contribution in [0.5, 0.6) is 0 Å². The fraction of sp³-hybridized carbons (Fsp3) is 0. The first kappa shape index (κ1) is 34.9. The number of nitrogens with zero attached hydrogens (tertiary/aromatic N) is 5. The van der Waals surface area contributed by atoms with Gasteiger partial charge in [-0.3, -0.25) is 4.57 Å². The monoisotopic (exact) mass is 819 g/mol. The van der Waals surface area contributed by atoms with Crippen molar-refractivity contribution in [3.8, 4) is 45.5 Å². The molecule has 0 fully saturated rings. The zero-order chi connectivity index (χ0) is 41.9. The van der Waals surface area contributed by atoms with Crippen LogP contribution in [0.25, 0.3) is 133 Å². The zero-order valence-corrected chi connectivity index (χ0v) is 34.1.